The molecule has 10 heteroatoms. The van der Waals surface area contributed by atoms with Crippen LogP contribution < -0.4 is 20.1 Å². The minimum atomic E-state index is -0.590. The van der Waals surface area contributed by atoms with E-state index in [1.54, 1.807) is 67.6 Å². The molecule has 0 heterocycles. The van der Waals surface area contributed by atoms with Crippen LogP contribution >= 0.6 is 39.1 Å². The monoisotopic (exact) mass is 587 g/mol. The molecule has 0 aliphatic carbocycles. The van der Waals surface area contributed by atoms with Crippen molar-refractivity contribution in [2.75, 3.05) is 23.8 Å². The van der Waals surface area contributed by atoms with E-state index in [0.29, 0.717) is 49.6 Å². The Hall–Kier alpha value is -3.51. The van der Waals surface area contributed by atoms with Gasteiger partial charge in [0, 0.05) is 21.4 Å². The Kier molecular flexibility index (Phi) is 9.77. The van der Waals surface area contributed by atoms with Gasteiger partial charge in [-0.25, -0.2) is 0 Å². The van der Waals surface area contributed by atoms with Gasteiger partial charge in [0.05, 0.1) is 11.1 Å². The van der Waals surface area contributed by atoms with Crippen LogP contribution in [0.4, 0.5) is 11.4 Å². The molecule has 0 radical (unpaired) electrons. The van der Waals surface area contributed by atoms with E-state index in [-0.39, 0.29) is 18.1 Å². The highest BCUT2D eigenvalue weighted by atomic mass is 79.9. The molecule has 0 atom stereocenters. The normalized spacial score (nSPS) is 10.8. The van der Waals surface area contributed by atoms with Crippen LogP contribution in [0.25, 0.3) is 6.08 Å². The zero-order chi connectivity index (χ0) is 26.1. The van der Waals surface area contributed by atoms with Crippen molar-refractivity contribution >= 4 is 68.4 Å². The first-order valence-corrected chi connectivity index (χ1v) is 12.2. The molecule has 3 aromatic carbocycles. The zero-order valence-electron chi connectivity index (χ0n) is 19.0. The van der Waals surface area contributed by atoms with Gasteiger partial charge >= 0.3 is 0 Å². The summed E-state index contributed by atoms with van der Waals surface area (Å²) in [7, 11) is 0. The van der Waals surface area contributed by atoms with E-state index < -0.39 is 5.91 Å². The second-order valence-corrected chi connectivity index (χ2v) is 8.97. The minimum Gasteiger partial charge on any atom is -0.490 e. The third kappa shape index (κ3) is 7.75. The molecule has 0 unspecified atom stereocenters. The van der Waals surface area contributed by atoms with Crippen molar-refractivity contribution in [1.82, 2.24) is 0 Å². The number of benzene rings is 3. The molecule has 3 aromatic rings. The summed E-state index contributed by atoms with van der Waals surface area (Å²) in [6, 6.07) is 18.5. The number of halogens is 3. The topological polar surface area (TPSA) is 100 Å². The van der Waals surface area contributed by atoms with Crippen molar-refractivity contribution in [2.24, 2.45) is 0 Å². The number of carbonyl (C=O) groups excluding carboxylic acids is 2. The Balaban J connectivity index is 1.76. The molecule has 0 bridgehead atoms. The number of anilines is 2. The number of nitrogens with one attached hydrogen (secondary N) is 2. The Morgan fingerprint density at radius 1 is 1.00 bits per heavy atom. The van der Waals surface area contributed by atoms with Crippen LogP contribution in [0.5, 0.6) is 11.5 Å². The van der Waals surface area contributed by atoms with Crippen LogP contribution in [-0.4, -0.2) is 25.0 Å². The predicted molar refractivity (Wildman–Crippen MR) is 145 cm³/mol. The summed E-state index contributed by atoms with van der Waals surface area (Å²) in [5, 5.41) is 15.9. The highest BCUT2D eigenvalue weighted by molar-refractivity contribution is 9.10. The first-order chi connectivity index (χ1) is 17.3. The van der Waals surface area contributed by atoms with Crippen LogP contribution in [0.2, 0.25) is 10.0 Å². The molecule has 0 saturated carbocycles. The standard InChI is InChI=1S/C26H20BrCl2N3O4/c1-2-35-23-12-16(10-17(14-30)26(34)32-21-5-3-4-19(29)13-21)11-22(27)25(23)36-15-24(33)31-20-8-6-18(28)7-9-20/h3-13H,2,15H2,1H3,(H,31,33)(H,32,34)/b17-10+. The summed E-state index contributed by atoms with van der Waals surface area (Å²) < 4.78 is 11.9. The van der Waals surface area contributed by atoms with Gasteiger partial charge in [-0.2, -0.15) is 5.26 Å². The fourth-order valence-electron chi connectivity index (χ4n) is 3.02. The van der Waals surface area contributed by atoms with Crippen molar-refractivity contribution in [2.45, 2.75) is 6.92 Å². The van der Waals surface area contributed by atoms with E-state index in [0.717, 1.165) is 0 Å². The largest absolute Gasteiger partial charge is 0.490 e. The number of hydrogen-bond donors (Lipinski definition) is 2. The molecule has 0 spiro atoms. The second kappa shape index (κ2) is 13.0. The lowest BCUT2D eigenvalue weighted by Gasteiger charge is -2.15. The van der Waals surface area contributed by atoms with Crippen LogP contribution in [0.1, 0.15) is 12.5 Å². The minimum absolute atomic E-state index is 0.125. The molecule has 36 heavy (non-hydrogen) atoms. The fourth-order valence-corrected chi connectivity index (χ4v) is 3.91. The van der Waals surface area contributed by atoms with E-state index in [9.17, 15) is 14.9 Å². The number of nitriles is 1. The lowest BCUT2D eigenvalue weighted by molar-refractivity contribution is -0.118. The van der Waals surface area contributed by atoms with Crippen LogP contribution in [-0.2, 0) is 9.59 Å². The number of ether oxygens (including phenoxy) is 2. The van der Waals surface area contributed by atoms with Gasteiger partial charge in [-0.3, -0.25) is 9.59 Å². The summed E-state index contributed by atoms with van der Waals surface area (Å²) >= 11 is 15.2. The zero-order valence-corrected chi connectivity index (χ0v) is 22.1. The summed E-state index contributed by atoms with van der Waals surface area (Å²) in [4.78, 5) is 24.9. The maximum Gasteiger partial charge on any atom is 0.266 e. The number of hydrogen-bond acceptors (Lipinski definition) is 5. The maximum absolute atomic E-state index is 12.6. The smallest absolute Gasteiger partial charge is 0.266 e. The predicted octanol–water partition coefficient (Wildman–Crippen LogP) is 6.72. The summed E-state index contributed by atoms with van der Waals surface area (Å²) in [6.45, 7) is 1.85. The molecule has 0 aromatic heterocycles. The Morgan fingerprint density at radius 3 is 2.42 bits per heavy atom. The first-order valence-electron chi connectivity index (χ1n) is 10.6. The summed E-state index contributed by atoms with van der Waals surface area (Å²) in [5.74, 6) is -0.319. The third-order valence-corrected chi connectivity index (χ3v) is 5.64. The van der Waals surface area contributed by atoms with Gasteiger partial charge in [0.25, 0.3) is 11.8 Å². The highest BCUT2D eigenvalue weighted by Crippen LogP contribution is 2.37. The van der Waals surface area contributed by atoms with Gasteiger partial charge < -0.3 is 20.1 Å². The van der Waals surface area contributed by atoms with Crippen molar-refractivity contribution in [3.8, 4) is 17.6 Å². The number of nitrogens with zero attached hydrogens (tertiary/aromatic N) is 1. The van der Waals surface area contributed by atoms with Crippen molar-refractivity contribution in [1.29, 1.82) is 5.26 Å². The Labute approximate surface area is 226 Å². The van der Waals surface area contributed by atoms with E-state index in [4.69, 9.17) is 32.7 Å². The quantitative estimate of drug-likeness (QED) is 0.213. The molecule has 3 rings (SSSR count). The first kappa shape index (κ1) is 27.1. The van der Waals surface area contributed by atoms with Crippen molar-refractivity contribution < 1.29 is 19.1 Å². The molecule has 0 fully saturated rings. The molecule has 2 N–H and O–H groups in total. The molecule has 0 aliphatic rings. The summed E-state index contributed by atoms with van der Waals surface area (Å²) in [6.07, 6.45) is 1.42. The van der Waals surface area contributed by atoms with Gasteiger partial charge in [0.1, 0.15) is 11.6 Å². The number of rotatable bonds is 9. The fraction of sp³-hybridized carbons (Fsp3) is 0.115. The van der Waals surface area contributed by atoms with E-state index in [1.165, 1.54) is 6.08 Å². The lowest BCUT2D eigenvalue weighted by atomic mass is 10.1. The van der Waals surface area contributed by atoms with E-state index in [1.807, 2.05) is 6.07 Å². The Morgan fingerprint density at radius 2 is 1.75 bits per heavy atom. The third-order valence-electron chi connectivity index (χ3n) is 4.57. The summed E-state index contributed by atoms with van der Waals surface area (Å²) in [5.41, 5.74) is 1.43. The van der Waals surface area contributed by atoms with Gasteiger partial charge in [-0.15, -0.1) is 0 Å². The molecule has 0 saturated heterocycles. The number of amides is 2. The molecular weight excluding hydrogens is 569 g/mol. The average Bonchev–Trinajstić information content (AvgIpc) is 2.83. The van der Waals surface area contributed by atoms with Crippen molar-refractivity contribution in [3.63, 3.8) is 0 Å². The molecular formula is C26H20BrCl2N3O4. The Bertz CT molecular complexity index is 1340. The number of carbonyl (C=O) groups is 2. The van der Waals surface area contributed by atoms with Gasteiger partial charge in [-0.05, 0) is 89.1 Å². The maximum atomic E-state index is 12.6. The van der Waals surface area contributed by atoms with Crippen LogP contribution in [0.15, 0.2) is 70.7 Å². The van der Waals surface area contributed by atoms with Crippen molar-refractivity contribution in [3.05, 3.63) is 86.3 Å². The van der Waals surface area contributed by atoms with Gasteiger partial charge in [0.2, 0.25) is 0 Å². The second-order valence-electron chi connectivity index (χ2n) is 7.24. The molecule has 184 valence electrons. The molecule has 2 amide bonds. The van der Waals surface area contributed by atoms with Crippen LogP contribution in [0, 0.1) is 11.3 Å². The van der Waals surface area contributed by atoms with Crippen LogP contribution in [0.3, 0.4) is 0 Å². The van der Waals surface area contributed by atoms with Gasteiger partial charge in [-0.1, -0.05) is 29.3 Å². The van der Waals surface area contributed by atoms with Gasteiger partial charge in [0.15, 0.2) is 18.1 Å². The molecule has 7 nitrogen and oxygen atoms in total. The highest BCUT2D eigenvalue weighted by Gasteiger charge is 2.16. The SMILES string of the molecule is CCOc1cc(/C=C(\C#N)C(=O)Nc2cccc(Cl)c2)cc(Br)c1OCC(=O)Nc1ccc(Cl)cc1. The molecule has 0 aliphatic heterocycles. The lowest BCUT2D eigenvalue weighted by Crippen LogP contribution is -2.20. The van der Waals surface area contributed by atoms with E-state index in [2.05, 4.69) is 26.6 Å². The average molecular weight is 589 g/mol. The van der Waals surface area contributed by atoms with E-state index >= 15 is 0 Å².